The number of carbonyl (C=O) groups is 2. The van der Waals surface area contributed by atoms with E-state index in [9.17, 15) is 9.59 Å². The van der Waals surface area contributed by atoms with Crippen molar-refractivity contribution in [3.05, 3.63) is 59.4 Å². The van der Waals surface area contributed by atoms with Gasteiger partial charge in [-0.05, 0) is 36.6 Å². The molecular formula is C20H25N3O4. The summed E-state index contributed by atoms with van der Waals surface area (Å²) in [5.41, 5.74) is 1.63. The zero-order valence-electron chi connectivity index (χ0n) is 15.7. The molecule has 2 rings (SSSR count). The quantitative estimate of drug-likeness (QED) is 0.622. The van der Waals surface area contributed by atoms with E-state index in [1.165, 1.54) is 12.3 Å². The van der Waals surface area contributed by atoms with E-state index in [0.29, 0.717) is 38.1 Å². The summed E-state index contributed by atoms with van der Waals surface area (Å²) in [4.78, 5) is 28.5. The number of hydrogen-bond donors (Lipinski definition) is 2. The van der Waals surface area contributed by atoms with Crippen molar-refractivity contribution < 1.29 is 19.1 Å². The first kappa shape index (κ1) is 20.4. The van der Waals surface area contributed by atoms with Gasteiger partial charge in [-0.3, -0.25) is 14.6 Å². The molecule has 0 spiro atoms. The van der Waals surface area contributed by atoms with Crippen LogP contribution >= 0.6 is 0 Å². The second-order valence-electron chi connectivity index (χ2n) is 5.85. The lowest BCUT2D eigenvalue weighted by atomic mass is 10.1. The number of nitrogens with zero attached hydrogens (tertiary/aromatic N) is 1. The lowest BCUT2D eigenvalue weighted by molar-refractivity contribution is 0.0943. The van der Waals surface area contributed by atoms with E-state index in [1.54, 1.807) is 20.3 Å². The van der Waals surface area contributed by atoms with E-state index in [1.807, 2.05) is 24.3 Å². The number of carbonyl (C=O) groups excluding carboxylic acids is 2. The lowest BCUT2D eigenvalue weighted by Gasteiger charge is -2.09. The van der Waals surface area contributed by atoms with Crippen molar-refractivity contribution >= 4 is 11.8 Å². The first-order valence-electron chi connectivity index (χ1n) is 8.79. The molecule has 2 amide bonds. The number of para-hydroxylation sites is 1. The van der Waals surface area contributed by atoms with E-state index in [-0.39, 0.29) is 17.5 Å². The summed E-state index contributed by atoms with van der Waals surface area (Å²) >= 11 is 0. The van der Waals surface area contributed by atoms with Crippen molar-refractivity contribution in [2.75, 3.05) is 33.9 Å². The van der Waals surface area contributed by atoms with Crippen LogP contribution < -0.4 is 15.4 Å². The van der Waals surface area contributed by atoms with E-state index in [4.69, 9.17) is 9.47 Å². The van der Waals surface area contributed by atoms with Crippen molar-refractivity contribution in [3.8, 4) is 5.75 Å². The van der Waals surface area contributed by atoms with Crippen LogP contribution in [-0.4, -0.2) is 50.7 Å². The minimum Gasteiger partial charge on any atom is -0.496 e. The fourth-order valence-electron chi connectivity index (χ4n) is 2.53. The maximum Gasteiger partial charge on any atom is 0.269 e. The Balaban J connectivity index is 1.88. The molecule has 27 heavy (non-hydrogen) atoms. The SMILES string of the molecule is COCCCNC(=O)c1cc(C(=O)NCCc2ccccc2OC)ccn1. The first-order chi connectivity index (χ1) is 13.2. The molecule has 2 N–H and O–H groups in total. The highest BCUT2D eigenvalue weighted by Crippen LogP contribution is 2.17. The molecule has 144 valence electrons. The zero-order valence-corrected chi connectivity index (χ0v) is 15.7. The zero-order chi connectivity index (χ0) is 19.5. The van der Waals surface area contributed by atoms with Gasteiger partial charge >= 0.3 is 0 Å². The van der Waals surface area contributed by atoms with Crippen LogP contribution in [0.1, 0.15) is 32.8 Å². The van der Waals surface area contributed by atoms with Crippen molar-refractivity contribution in [3.63, 3.8) is 0 Å². The molecule has 0 unspecified atom stereocenters. The molecule has 1 aromatic heterocycles. The summed E-state index contributed by atoms with van der Waals surface area (Å²) in [6, 6.07) is 10.8. The van der Waals surface area contributed by atoms with Crippen molar-refractivity contribution in [2.24, 2.45) is 0 Å². The molecule has 7 heteroatoms. The maximum absolute atomic E-state index is 12.3. The number of methoxy groups -OCH3 is 2. The second-order valence-corrected chi connectivity index (χ2v) is 5.85. The highest BCUT2D eigenvalue weighted by molar-refractivity contribution is 5.98. The van der Waals surface area contributed by atoms with Gasteiger partial charge in [0.15, 0.2) is 0 Å². The smallest absolute Gasteiger partial charge is 0.269 e. The average Bonchev–Trinajstić information content (AvgIpc) is 2.71. The number of nitrogens with one attached hydrogen (secondary N) is 2. The Hall–Kier alpha value is -2.93. The molecule has 1 heterocycles. The van der Waals surface area contributed by atoms with Crippen molar-refractivity contribution in [1.82, 2.24) is 15.6 Å². The maximum atomic E-state index is 12.3. The molecule has 0 atom stereocenters. The molecule has 0 saturated heterocycles. The van der Waals surface area contributed by atoms with E-state index >= 15 is 0 Å². The average molecular weight is 371 g/mol. The van der Waals surface area contributed by atoms with Gasteiger partial charge in [0.1, 0.15) is 11.4 Å². The highest BCUT2D eigenvalue weighted by atomic mass is 16.5. The summed E-state index contributed by atoms with van der Waals surface area (Å²) in [5, 5.41) is 5.60. The van der Waals surface area contributed by atoms with Gasteiger partial charge < -0.3 is 20.1 Å². The van der Waals surface area contributed by atoms with Crippen LogP contribution in [0.5, 0.6) is 5.75 Å². The number of ether oxygens (including phenoxy) is 2. The predicted octanol–water partition coefficient (Wildman–Crippen LogP) is 1.83. The summed E-state index contributed by atoms with van der Waals surface area (Å²) in [7, 11) is 3.23. The normalized spacial score (nSPS) is 10.3. The molecule has 7 nitrogen and oxygen atoms in total. The van der Waals surface area contributed by atoms with Gasteiger partial charge in [-0.1, -0.05) is 18.2 Å². The third-order valence-electron chi connectivity index (χ3n) is 3.94. The van der Waals surface area contributed by atoms with Crippen LogP contribution in [0, 0.1) is 0 Å². The Bertz CT molecular complexity index is 764. The summed E-state index contributed by atoms with van der Waals surface area (Å²) in [6.07, 6.45) is 2.82. The minimum absolute atomic E-state index is 0.213. The third-order valence-corrected chi connectivity index (χ3v) is 3.94. The van der Waals surface area contributed by atoms with Crippen LogP contribution in [0.2, 0.25) is 0 Å². The van der Waals surface area contributed by atoms with E-state index in [2.05, 4.69) is 15.6 Å². The Morgan fingerprint density at radius 2 is 1.81 bits per heavy atom. The lowest BCUT2D eigenvalue weighted by Crippen LogP contribution is -2.28. The van der Waals surface area contributed by atoms with Crippen LogP contribution in [0.3, 0.4) is 0 Å². The molecule has 0 aliphatic carbocycles. The standard InChI is InChI=1S/C20H25N3O4/c1-26-13-5-10-22-20(25)17-14-16(9-11-21-17)19(24)23-12-8-15-6-3-4-7-18(15)27-2/h3-4,6-7,9,11,14H,5,8,10,12-13H2,1-2H3,(H,22,25)(H,23,24). The fraction of sp³-hybridized carbons (Fsp3) is 0.350. The van der Waals surface area contributed by atoms with Gasteiger partial charge in [0, 0.05) is 38.6 Å². The van der Waals surface area contributed by atoms with Gasteiger partial charge in [0.2, 0.25) is 0 Å². The van der Waals surface area contributed by atoms with Crippen LogP contribution in [0.4, 0.5) is 0 Å². The molecule has 0 radical (unpaired) electrons. The fourth-order valence-corrected chi connectivity index (χ4v) is 2.53. The third kappa shape index (κ3) is 6.38. The predicted molar refractivity (Wildman–Crippen MR) is 102 cm³/mol. The number of rotatable bonds is 10. The van der Waals surface area contributed by atoms with E-state index in [0.717, 1.165) is 11.3 Å². The number of pyridine rings is 1. The first-order valence-corrected chi connectivity index (χ1v) is 8.79. The summed E-state index contributed by atoms with van der Waals surface area (Å²) < 4.78 is 10.2. The Morgan fingerprint density at radius 1 is 1.04 bits per heavy atom. The molecule has 0 saturated carbocycles. The Kier molecular flexibility index (Phi) is 8.25. The van der Waals surface area contributed by atoms with Gasteiger partial charge in [-0.25, -0.2) is 0 Å². The number of amides is 2. The van der Waals surface area contributed by atoms with Gasteiger partial charge in [-0.15, -0.1) is 0 Å². The van der Waals surface area contributed by atoms with Gasteiger partial charge in [0.25, 0.3) is 11.8 Å². The summed E-state index contributed by atoms with van der Waals surface area (Å²) in [5.74, 6) is 0.235. The molecule has 2 aromatic rings. The number of benzene rings is 1. The molecule has 0 bridgehead atoms. The van der Waals surface area contributed by atoms with Crippen molar-refractivity contribution in [2.45, 2.75) is 12.8 Å². The second kappa shape index (κ2) is 10.9. The topological polar surface area (TPSA) is 89.5 Å². The molecule has 0 fully saturated rings. The highest BCUT2D eigenvalue weighted by Gasteiger charge is 2.11. The largest absolute Gasteiger partial charge is 0.496 e. The minimum atomic E-state index is -0.310. The van der Waals surface area contributed by atoms with Crippen LogP contribution in [-0.2, 0) is 11.2 Å². The van der Waals surface area contributed by atoms with E-state index < -0.39 is 0 Å². The Morgan fingerprint density at radius 3 is 2.59 bits per heavy atom. The van der Waals surface area contributed by atoms with Crippen LogP contribution in [0.25, 0.3) is 0 Å². The van der Waals surface area contributed by atoms with Gasteiger partial charge in [-0.2, -0.15) is 0 Å². The van der Waals surface area contributed by atoms with Crippen LogP contribution in [0.15, 0.2) is 42.6 Å². The molecule has 0 aliphatic heterocycles. The number of hydrogen-bond acceptors (Lipinski definition) is 5. The van der Waals surface area contributed by atoms with Gasteiger partial charge in [0.05, 0.1) is 7.11 Å². The molecular weight excluding hydrogens is 346 g/mol. The number of aromatic nitrogens is 1. The Labute approximate surface area is 159 Å². The molecule has 0 aliphatic rings. The summed E-state index contributed by atoms with van der Waals surface area (Å²) in [6.45, 7) is 1.52. The monoisotopic (exact) mass is 371 g/mol. The molecule has 1 aromatic carbocycles. The van der Waals surface area contributed by atoms with Crippen molar-refractivity contribution in [1.29, 1.82) is 0 Å².